The van der Waals surface area contributed by atoms with Crippen LogP contribution < -0.4 is 10.6 Å². The molecule has 1 aromatic carbocycles. The lowest BCUT2D eigenvalue weighted by molar-refractivity contribution is -0.124. The van der Waals surface area contributed by atoms with Gasteiger partial charge in [-0.3, -0.25) is 19.6 Å². The van der Waals surface area contributed by atoms with Crippen molar-refractivity contribution in [2.75, 3.05) is 59.4 Å². The van der Waals surface area contributed by atoms with Gasteiger partial charge in [0.2, 0.25) is 5.91 Å². The van der Waals surface area contributed by atoms with Crippen LogP contribution in [0.3, 0.4) is 0 Å². The van der Waals surface area contributed by atoms with Crippen LogP contribution in [0.1, 0.15) is 5.56 Å². The monoisotopic (exact) mass is 512 g/mol. The minimum atomic E-state index is -0.320. The van der Waals surface area contributed by atoms with Gasteiger partial charge in [-0.15, -0.1) is 24.0 Å². The molecule has 0 aromatic heterocycles. The van der Waals surface area contributed by atoms with Crippen LogP contribution in [0.5, 0.6) is 0 Å². The molecule has 1 aromatic rings. The summed E-state index contributed by atoms with van der Waals surface area (Å²) in [5.74, 6) is 0.630. The number of hydrogen-bond acceptors (Lipinski definition) is 4. The molecule has 0 aliphatic carbocycles. The molecule has 2 saturated heterocycles. The van der Waals surface area contributed by atoms with Gasteiger partial charge < -0.3 is 15.5 Å². The number of halogens is 1. The number of hydrogen-bond donors (Lipinski definition) is 2. The Kier molecular flexibility index (Phi) is 9.39. The van der Waals surface area contributed by atoms with Gasteiger partial charge in [0.15, 0.2) is 5.96 Å². The predicted octanol–water partition coefficient (Wildman–Crippen LogP) is 1.06. The summed E-state index contributed by atoms with van der Waals surface area (Å²) >= 11 is 0. The molecule has 0 saturated carbocycles. The molecule has 2 aliphatic heterocycles. The van der Waals surface area contributed by atoms with Crippen molar-refractivity contribution in [3.05, 3.63) is 42.0 Å². The Labute approximate surface area is 189 Å². The van der Waals surface area contributed by atoms with E-state index in [1.165, 1.54) is 10.5 Å². The summed E-state index contributed by atoms with van der Waals surface area (Å²) in [6, 6.07) is 9.99. The lowest BCUT2D eigenvalue weighted by Gasteiger charge is -2.36. The number of rotatable bonds is 6. The fourth-order valence-electron chi connectivity index (χ4n) is 3.34. The molecule has 0 spiro atoms. The van der Waals surface area contributed by atoms with E-state index in [9.17, 15) is 9.59 Å². The smallest absolute Gasteiger partial charge is 0.324 e. The van der Waals surface area contributed by atoms with Gasteiger partial charge >= 0.3 is 6.03 Å². The van der Waals surface area contributed by atoms with E-state index in [-0.39, 0.29) is 42.5 Å². The van der Waals surface area contributed by atoms with Crippen LogP contribution >= 0.6 is 24.0 Å². The fourth-order valence-corrected chi connectivity index (χ4v) is 3.34. The van der Waals surface area contributed by atoms with E-state index in [1.807, 2.05) is 18.2 Å². The average Bonchev–Trinajstić information content (AvgIpc) is 3.05. The Morgan fingerprint density at radius 2 is 1.90 bits per heavy atom. The van der Waals surface area contributed by atoms with E-state index in [0.717, 1.165) is 38.7 Å². The van der Waals surface area contributed by atoms with Gasteiger partial charge in [0.25, 0.3) is 0 Å². The first-order valence-electron chi connectivity index (χ1n) is 9.65. The summed E-state index contributed by atoms with van der Waals surface area (Å²) in [6.07, 6.45) is 4.36. The molecule has 9 heteroatoms. The molecule has 2 heterocycles. The maximum Gasteiger partial charge on any atom is 0.324 e. The predicted molar refractivity (Wildman–Crippen MR) is 125 cm³/mol. The molecule has 2 N–H and O–H groups in total. The van der Waals surface area contributed by atoms with E-state index in [4.69, 9.17) is 0 Å². The molecule has 0 radical (unpaired) electrons. The molecule has 0 bridgehead atoms. The summed E-state index contributed by atoms with van der Waals surface area (Å²) in [4.78, 5) is 33.4. The van der Waals surface area contributed by atoms with Gasteiger partial charge in [-0.2, -0.15) is 0 Å². The van der Waals surface area contributed by atoms with Crippen molar-refractivity contribution in [3.8, 4) is 0 Å². The fraction of sp³-hybridized carbons (Fsp3) is 0.450. The zero-order valence-electron chi connectivity index (χ0n) is 16.7. The molecule has 0 atom stereocenters. The lowest BCUT2D eigenvalue weighted by atomic mass is 10.2. The number of nitrogens with zero attached hydrogens (tertiary/aromatic N) is 4. The Morgan fingerprint density at radius 3 is 2.52 bits per heavy atom. The zero-order chi connectivity index (χ0) is 19.8. The number of aliphatic imine (C=N–C) groups is 1. The van der Waals surface area contributed by atoms with E-state index in [0.29, 0.717) is 13.1 Å². The van der Waals surface area contributed by atoms with Crippen molar-refractivity contribution in [1.29, 1.82) is 0 Å². The van der Waals surface area contributed by atoms with Crippen molar-refractivity contribution in [3.63, 3.8) is 0 Å². The highest BCUT2D eigenvalue weighted by Crippen LogP contribution is 2.05. The molecule has 2 fully saturated rings. The highest BCUT2D eigenvalue weighted by molar-refractivity contribution is 14.0. The van der Waals surface area contributed by atoms with Crippen LogP contribution in [0.15, 0.2) is 41.4 Å². The molecular weight excluding hydrogens is 483 g/mol. The van der Waals surface area contributed by atoms with Crippen LogP contribution in [0.2, 0.25) is 0 Å². The Hall–Kier alpha value is -2.14. The molecule has 3 amide bonds. The molecular formula is C20H29IN6O2. The van der Waals surface area contributed by atoms with E-state index in [1.54, 1.807) is 7.05 Å². The maximum atomic E-state index is 11.6. The summed E-state index contributed by atoms with van der Waals surface area (Å²) in [5.41, 5.74) is 1.22. The van der Waals surface area contributed by atoms with Crippen molar-refractivity contribution in [2.24, 2.45) is 4.99 Å². The quantitative estimate of drug-likeness (QED) is 0.258. The minimum Gasteiger partial charge on any atom is -0.354 e. The topological polar surface area (TPSA) is 80.3 Å². The number of urea groups is 1. The highest BCUT2D eigenvalue weighted by atomic mass is 127. The zero-order valence-corrected chi connectivity index (χ0v) is 19.0. The summed E-state index contributed by atoms with van der Waals surface area (Å²) in [5, 5.41) is 5.78. The van der Waals surface area contributed by atoms with Crippen molar-refractivity contribution in [2.45, 2.75) is 0 Å². The van der Waals surface area contributed by atoms with Gasteiger partial charge in [-0.05, 0) is 5.56 Å². The standard InChI is InChI=1S/C20H28N6O2.HI/c1-21-19(22-9-11-26-18(27)16-23-20(26)28)25-14-12-24(13-15-25)10-5-8-17-6-3-2-4-7-17;/h2-8H,9-16H2,1H3,(H,21,22)(H,23,28);1H/b8-5+;. The van der Waals surface area contributed by atoms with Gasteiger partial charge in [-0.1, -0.05) is 42.5 Å². The highest BCUT2D eigenvalue weighted by Gasteiger charge is 2.28. The third-order valence-corrected chi connectivity index (χ3v) is 4.91. The molecule has 8 nitrogen and oxygen atoms in total. The number of imide groups is 1. The summed E-state index contributed by atoms with van der Waals surface area (Å²) < 4.78 is 0. The van der Waals surface area contributed by atoms with Crippen LogP contribution in [-0.2, 0) is 4.79 Å². The third kappa shape index (κ3) is 6.70. The molecule has 3 rings (SSSR count). The van der Waals surface area contributed by atoms with Gasteiger partial charge in [0.05, 0.1) is 6.54 Å². The third-order valence-electron chi connectivity index (χ3n) is 4.91. The molecule has 0 unspecified atom stereocenters. The second-order valence-electron chi connectivity index (χ2n) is 6.78. The first-order valence-corrected chi connectivity index (χ1v) is 9.65. The number of guanidine groups is 1. The number of nitrogens with one attached hydrogen (secondary N) is 2. The van der Waals surface area contributed by atoms with Gasteiger partial charge in [-0.25, -0.2) is 4.79 Å². The normalized spacial score (nSPS) is 18.2. The molecule has 29 heavy (non-hydrogen) atoms. The summed E-state index contributed by atoms with van der Waals surface area (Å²) in [7, 11) is 1.75. The second kappa shape index (κ2) is 11.8. The van der Waals surface area contributed by atoms with Crippen LogP contribution in [0.25, 0.3) is 6.08 Å². The van der Waals surface area contributed by atoms with Crippen molar-refractivity contribution < 1.29 is 9.59 Å². The number of carbonyl (C=O) groups is 2. The largest absolute Gasteiger partial charge is 0.354 e. The number of piperazine rings is 1. The molecule has 158 valence electrons. The van der Waals surface area contributed by atoms with Crippen molar-refractivity contribution in [1.82, 2.24) is 25.3 Å². The van der Waals surface area contributed by atoms with Gasteiger partial charge in [0.1, 0.15) is 0 Å². The average molecular weight is 512 g/mol. The lowest BCUT2D eigenvalue weighted by Crippen LogP contribution is -2.53. The first-order chi connectivity index (χ1) is 13.7. The van der Waals surface area contributed by atoms with Crippen molar-refractivity contribution >= 4 is 48.0 Å². The van der Waals surface area contributed by atoms with Gasteiger partial charge in [0, 0.05) is 52.9 Å². The number of amides is 3. The molecule has 2 aliphatic rings. The minimum absolute atomic E-state index is 0. The second-order valence-corrected chi connectivity index (χ2v) is 6.78. The SMILES string of the molecule is CN=C(NCCN1C(=O)CNC1=O)N1CCN(C/C=C/c2ccccc2)CC1.I. The first kappa shape index (κ1) is 23.1. The number of benzene rings is 1. The Bertz CT molecular complexity index is 716. The maximum absolute atomic E-state index is 11.6. The summed E-state index contributed by atoms with van der Waals surface area (Å²) in [6.45, 7) is 5.57. The Balaban J connectivity index is 0.00000300. The van der Waals surface area contributed by atoms with E-state index < -0.39 is 0 Å². The number of carbonyl (C=O) groups excluding carboxylic acids is 2. The van der Waals surface area contributed by atoms with E-state index >= 15 is 0 Å². The van der Waals surface area contributed by atoms with Crippen LogP contribution in [-0.4, -0.2) is 92.0 Å². The van der Waals surface area contributed by atoms with Crippen LogP contribution in [0, 0.1) is 0 Å². The van der Waals surface area contributed by atoms with E-state index in [2.05, 4.69) is 49.7 Å². The van der Waals surface area contributed by atoms with Crippen LogP contribution in [0.4, 0.5) is 4.79 Å². The Morgan fingerprint density at radius 1 is 1.17 bits per heavy atom.